The Morgan fingerprint density at radius 3 is 2.71 bits per heavy atom. The number of hydrogen-bond acceptors (Lipinski definition) is 2. The van der Waals surface area contributed by atoms with Crippen molar-refractivity contribution < 1.29 is 9.50 Å². The normalized spacial score (nSPS) is 23.2. The van der Waals surface area contributed by atoms with Gasteiger partial charge in [0.15, 0.2) is 0 Å². The third-order valence-electron chi connectivity index (χ3n) is 4.00. The van der Waals surface area contributed by atoms with Crippen LogP contribution in [0.2, 0.25) is 5.02 Å². The Morgan fingerprint density at radius 1 is 1.14 bits per heavy atom. The number of halogens is 2. The van der Waals surface area contributed by atoms with Crippen LogP contribution in [-0.2, 0) is 0 Å². The largest absolute Gasteiger partial charge is 0.387 e. The van der Waals surface area contributed by atoms with Gasteiger partial charge in [-0.1, -0.05) is 35.9 Å². The number of benzene rings is 2. The van der Waals surface area contributed by atoms with E-state index in [2.05, 4.69) is 5.32 Å². The molecule has 0 aromatic heterocycles. The summed E-state index contributed by atoms with van der Waals surface area (Å²) in [6, 6.07) is 14.0. The Bertz CT molecular complexity index is 634. The van der Waals surface area contributed by atoms with Gasteiger partial charge in [-0.25, -0.2) is 4.39 Å². The predicted octanol–water partition coefficient (Wildman–Crippen LogP) is 4.01. The van der Waals surface area contributed by atoms with E-state index in [9.17, 15) is 9.50 Å². The van der Waals surface area contributed by atoms with Crippen LogP contribution in [0.1, 0.15) is 36.1 Å². The van der Waals surface area contributed by atoms with Crippen molar-refractivity contribution in [3.63, 3.8) is 0 Å². The lowest BCUT2D eigenvalue weighted by atomic mass is 10.0. The van der Waals surface area contributed by atoms with E-state index in [1.54, 1.807) is 12.1 Å². The highest BCUT2D eigenvalue weighted by atomic mass is 35.5. The first-order valence-corrected chi connectivity index (χ1v) is 7.46. The van der Waals surface area contributed by atoms with Crippen LogP contribution in [-0.4, -0.2) is 11.1 Å². The van der Waals surface area contributed by atoms with Gasteiger partial charge in [-0.3, -0.25) is 0 Å². The summed E-state index contributed by atoms with van der Waals surface area (Å²) < 4.78 is 13.3. The third kappa shape index (κ3) is 3.26. The van der Waals surface area contributed by atoms with Crippen LogP contribution in [0.25, 0.3) is 0 Å². The zero-order valence-corrected chi connectivity index (χ0v) is 12.2. The van der Waals surface area contributed by atoms with Crippen LogP contribution in [0.3, 0.4) is 0 Å². The molecule has 0 aliphatic carbocycles. The van der Waals surface area contributed by atoms with Crippen LogP contribution >= 0.6 is 11.6 Å². The molecule has 0 radical (unpaired) electrons. The van der Waals surface area contributed by atoms with E-state index in [4.69, 9.17) is 11.6 Å². The molecule has 3 atom stereocenters. The zero-order valence-electron chi connectivity index (χ0n) is 11.5. The van der Waals surface area contributed by atoms with Crippen molar-refractivity contribution in [3.8, 4) is 0 Å². The number of rotatable bonds is 3. The van der Waals surface area contributed by atoms with E-state index in [1.807, 2.05) is 24.3 Å². The molecule has 0 amide bonds. The molecule has 0 saturated carbocycles. The second-order valence-corrected chi connectivity index (χ2v) is 5.89. The van der Waals surface area contributed by atoms with Crippen LogP contribution in [0, 0.1) is 5.82 Å². The molecule has 1 aliphatic heterocycles. The van der Waals surface area contributed by atoms with Gasteiger partial charge < -0.3 is 10.4 Å². The molecule has 2 N–H and O–H groups in total. The number of aliphatic hydroxyl groups excluding tert-OH is 1. The minimum atomic E-state index is -0.704. The Morgan fingerprint density at radius 2 is 1.95 bits per heavy atom. The molecule has 1 fully saturated rings. The van der Waals surface area contributed by atoms with Crippen molar-refractivity contribution >= 4 is 11.6 Å². The summed E-state index contributed by atoms with van der Waals surface area (Å²) in [6.07, 6.45) is 1.07. The quantitative estimate of drug-likeness (QED) is 0.898. The number of hydrogen-bond donors (Lipinski definition) is 2. The van der Waals surface area contributed by atoms with Crippen molar-refractivity contribution in [1.29, 1.82) is 0 Å². The van der Waals surface area contributed by atoms with Crippen molar-refractivity contribution in [1.82, 2.24) is 5.32 Å². The summed E-state index contributed by atoms with van der Waals surface area (Å²) >= 11 is 6.02. The first kappa shape index (κ1) is 14.5. The highest BCUT2D eigenvalue weighted by Gasteiger charge is 2.30. The Hall–Kier alpha value is -1.42. The molecule has 2 nitrogen and oxygen atoms in total. The molecule has 0 spiro atoms. The van der Waals surface area contributed by atoms with Gasteiger partial charge >= 0.3 is 0 Å². The van der Waals surface area contributed by atoms with Crippen molar-refractivity contribution in [2.45, 2.75) is 31.0 Å². The van der Waals surface area contributed by atoms with Crippen LogP contribution < -0.4 is 5.32 Å². The molecule has 2 aromatic carbocycles. The lowest BCUT2D eigenvalue weighted by Gasteiger charge is -2.20. The topological polar surface area (TPSA) is 32.3 Å². The first-order chi connectivity index (χ1) is 10.1. The lowest BCUT2D eigenvalue weighted by Crippen LogP contribution is -2.30. The first-order valence-electron chi connectivity index (χ1n) is 7.08. The maximum atomic E-state index is 13.3. The molecule has 1 saturated heterocycles. The monoisotopic (exact) mass is 305 g/mol. The lowest BCUT2D eigenvalue weighted by molar-refractivity contribution is 0.135. The molecule has 0 bridgehead atoms. The highest BCUT2D eigenvalue weighted by molar-refractivity contribution is 6.30. The fraction of sp³-hybridized carbons (Fsp3) is 0.294. The summed E-state index contributed by atoms with van der Waals surface area (Å²) in [5, 5.41) is 14.5. The van der Waals surface area contributed by atoms with Gasteiger partial charge in [-0.2, -0.15) is 0 Å². The van der Waals surface area contributed by atoms with Crippen LogP contribution in [0.15, 0.2) is 48.5 Å². The van der Waals surface area contributed by atoms with E-state index in [0.29, 0.717) is 10.6 Å². The SMILES string of the molecule is O[C@H](c1cccc(F)c1)[C@H]1CC[C@@H](c2cccc(Cl)c2)N1. The second-order valence-electron chi connectivity index (χ2n) is 5.46. The summed E-state index contributed by atoms with van der Waals surface area (Å²) in [7, 11) is 0. The molecule has 21 heavy (non-hydrogen) atoms. The highest BCUT2D eigenvalue weighted by Crippen LogP contribution is 2.33. The van der Waals surface area contributed by atoms with Gasteiger partial charge in [0.05, 0.1) is 6.10 Å². The average molecular weight is 306 g/mol. The molecule has 1 heterocycles. The summed E-state index contributed by atoms with van der Waals surface area (Å²) in [4.78, 5) is 0. The minimum absolute atomic E-state index is 0.0734. The van der Waals surface area contributed by atoms with Crippen LogP contribution in [0.5, 0.6) is 0 Å². The molecule has 3 rings (SSSR count). The fourth-order valence-corrected chi connectivity index (χ4v) is 3.13. The summed E-state index contributed by atoms with van der Waals surface area (Å²) in [6.45, 7) is 0. The van der Waals surface area contributed by atoms with E-state index in [-0.39, 0.29) is 17.9 Å². The van der Waals surface area contributed by atoms with Crippen LogP contribution in [0.4, 0.5) is 4.39 Å². The van der Waals surface area contributed by atoms with Gasteiger partial charge in [0.1, 0.15) is 5.82 Å². The Labute approximate surface area is 128 Å². The third-order valence-corrected chi connectivity index (χ3v) is 4.24. The summed E-state index contributed by atoms with van der Waals surface area (Å²) in [5.74, 6) is -0.323. The zero-order chi connectivity index (χ0) is 14.8. The van der Waals surface area contributed by atoms with Crippen molar-refractivity contribution in [2.75, 3.05) is 0 Å². The molecule has 4 heteroatoms. The molecule has 0 unspecified atom stereocenters. The van der Waals surface area contributed by atoms with Crippen molar-refractivity contribution in [2.24, 2.45) is 0 Å². The smallest absolute Gasteiger partial charge is 0.123 e. The second kappa shape index (κ2) is 6.14. The predicted molar refractivity (Wildman–Crippen MR) is 81.7 cm³/mol. The maximum absolute atomic E-state index is 13.3. The number of nitrogens with one attached hydrogen (secondary N) is 1. The van der Waals surface area contributed by atoms with E-state index in [0.717, 1.165) is 18.4 Å². The average Bonchev–Trinajstić information content (AvgIpc) is 2.96. The van der Waals surface area contributed by atoms with E-state index in [1.165, 1.54) is 12.1 Å². The molecular formula is C17H17ClFNO. The van der Waals surface area contributed by atoms with E-state index >= 15 is 0 Å². The fourth-order valence-electron chi connectivity index (χ4n) is 2.93. The summed E-state index contributed by atoms with van der Waals surface area (Å²) in [5.41, 5.74) is 1.73. The van der Waals surface area contributed by atoms with Gasteiger partial charge in [0, 0.05) is 17.1 Å². The molecule has 1 aliphatic rings. The Kier molecular flexibility index (Phi) is 4.24. The van der Waals surface area contributed by atoms with Gasteiger partial charge in [0.25, 0.3) is 0 Å². The Balaban J connectivity index is 1.72. The molecule has 110 valence electrons. The molecular weight excluding hydrogens is 289 g/mol. The standard InChI is InChI=1S/C17H17ClFNO/c18-13-5-1-3-11(9-13)15-7-8-16(20-15)17(21)12-4-2-6-14(19)10-12/h1-6,9-10,15-17,20-21H,7-8H2/t15-,16+,17+/m0/s1. The van der Waals surface area contributed by atoms with Gasteiger partial charge in [-0.05, 0) is 48.2 Å². The van der Waals surface area contributed by atoms with Gasteiger partial charge in [-0.15, -0.1) is 0 Å². The number of aliphatic hydroxyl groups is 1. The molecule has 2 aromatic rings. The minimum Gasteiger partial charge on any atom is -0.387 e. The van der Waals surface area contributed by atoms with Gasteiger partial charge in [0.2, 0.25) is 0 Å². The maximum Gasteiger partial charge on any atom is 0.123 e. The van der Waals surface area contributed by atoms with E-state index < -0.39 is 6.10 Å². The van der Waals surface area contributed by atoms with Crippen molar-refractivity contribution in [3.05, 3.63) is 70.5 Å².